The first-order valence-electron chi connectivity index (χ1n) is 12.5. The summed E-state index contributed by atoms with van der Waals surface area (Å²) in [6, 6.07) is 2.25. The Morgan fingerprint density at radius 3 is 2.28 bits per heavy atom. The molecule has 25 heavy (non-hydrogen) atoms. The SMILES string of the molecule is [2H]c1c([2H])c(C(=O)c2ccc(Cl)cc2)c([2H])c([2H])c1OC(C)(C)C(=O)OC([2H])(C([2H])([2H])[2H])C([2H])([2H])[2H]. The summed E-state index contributed by atoms with van der Waals surface area (Å²) < 4.78 is 94.7. The molecule has 0 aromatic heterocycles. The van der Waals surface area contributed by atoms with Crippen molar-refractivity contribution in [2.75, 3.05) is 0 Å². The highest BCUT2D eigenvalue weighted by atomic mass is 35.5. The van der Waals surface area contributed by atoms with Gasteiger partial charge in [-0.1, -0.05) is 11.6 Å². The number of rotatable bonds is 6. The zero-order chi connectivity index (χ0) is 28.0. The first-order valence-corrected chi connectivity index (χ1v) is 7.36. The van der Waals surface area contributed by atoms with Gasteiger partial charge in [0.15, 0.2) is 11.4 Å². The van der Waals surface area contributed by atoms with E-state index in [1.165, 1.54) is 24.3 Å². The zero-order valence-electron chi connectivity index (χ0n) is 24.3. The van der Waals surface area contributed by atoms with Crippen LogP contribution in [0.25, 0.3) is 0 Å². The number of hydrogen-bond donors (Lipinski definition) is 0. The van der Waals surface area contributed by atoms with Gasteiger partial charge in [-0.05, 0) is 76.0 Å². The van der Waals surface area contributed by atoms with E-state index in [9.17, 15) is 9.59 Å². The summed E-state index contributed by atoms with van der Waals surface area (Å²) in [6.07, 6.45) is -3.65. The van der Waals surface area contributed by atoms with Gasteiger partial charge in [-0.25, -0.2) is 4.79 Å². The van der Waals surface area contributed by atoms with Crippen molar-refractivity contribution < 1.29 is 34.1 Å². The molecule has 2 aromatic rings. The van der Waals surface area contributed by atoms with Gasteiger partial charge in [0, 0.05) is 24.4 Å². The number of hydrogen-bond acceptors (Lipinski definition) is 4. The topological polar surface area (TPSA) is 52.6 Å². The molecular weight excluding hydrogens is 340 g/mol. The van der Waals surface area contributed by atoms with Gasteiger partial charge < -0.3 is 9.47 Å². The van der Waals surface area contributed by atoms with E-state index in [-0.39, 0.29) is 5.56 Å². The van der Waals surface area contributed by atoms with Gasteiger partial charge in [-0.2, -0.15) is 0 Å². The van der Waals surface area contributed by atoms with Gasteiger partial charge in [0.05, 0.1) is 12.9 Å². The third kappa shape index (κ3) is 5.07. The van der Waals surface area contributed by atoms with Crippen LogP contribution in [0.5, 0.6) is 5.75 Å². The van der Waals surface area contributed by atoms with Gasteiger partial charge in [0.1, 0.15) is 5.75 Å². The zero-order valence-corrected chi connectivity index (χ0v) is 14.1. The number of ether oxygens (including phenoxy) is 2. The van der Waals surface area contributed by atoms with Crippen LogP contribution in [0.4, 0.5) is 0 Å². The lowest BCUT2D eigenvalue weighted by Gasteiger charge is -2.25. The summed E-state index contributed by atoms with van der Waals surface area (Å²) in [7, 11) is 0. The summed E-state index contributed by atoms with van der Waals surface area (Å²) in [4.78, 5) is 25.6. The molecule has 0 fully saturated rings. The van der Waals surface area contributed by atoms with Crippen molar-refractivity contribution in [1.82, 2.24) is 0 Å². The molecule has 0 saturated carbocycles. The maximum Gasteiger partial charge on any atom is 0.350 e. The molecule has 0 aliphatic heterocycles. The average Bonchev–Trinajstić information content (AvgIpc) is 2.74. The molecule has 4 nitrogen and oxygen atoms in total. The van der Waals surface area contributed by atoms with Crippen LogP contribution in [0, 0.1) is 0 Å². The summed E-state index contributed by atoms with van der Waals surface area (Å²) in [5, 5.41) is 0.331. The third-order valence-corrected chi connectivity index (χ3v) is 3.23. The fraction of sp³-hybridized carbons (Fsp3) is 0.300. The average molecular weight is 372 g/mol. The predicted molar refractivity (Wildman–Crippen MR) is 97.3 cm³/mol. The largest absolute Gasteiger partial charge is 0.476 e. The van der Waals surface area contributed by atoms with Crippen molar-refractivity contribution in [3.8, 4) is 5.75 Å². The van der Waals surface area contributed by atoms with E-state index in [2.05, 4.69) is 4.74 Å². The molecule has 0 heterocycles. The van der Waals surface area contributed by atoms with Crippen molar-refractivity contribution >= 4 is 23.4 Å². The second-order valence-corrected chi connectivity index (χ2v) is 5.81. The summed E-state index contributed by atoms with van der Waals surface area (Å²) in [5.74, 6) is -3.23. The second kappa shape index (κ2) is 7.70. The summed E-state index contributed by atoms with van der Waals surface area (Å²) in [5.41, 5.74) is -2.80. The smallest absolute Gasteiger partial charge is 0.350 e. The number of ketones is 1. The van der Waals surface area contributed by atoms with Crippen molar-refractivity contribution in [2.45, 2.75) is 39.2 Å². The Labute approximate surface area is 168 Å². The highest BCUT2D eigenvalue weighted by Gasteiger charge is 2.32. The lowest BCUT2D eigenvalue weighted by molar-refractivity contribution is -0.163. The molecule has 2 rings (SSSR count). The fourth-order valence-electron chi connectivity index (χ4n) is 1.72. The van der Waals surface area contributed by atoms with E-state index in [1.54, 1.807) is 0 Å². The number of carbonyl (C=O) groups excluding carboxylic acids is 2. The molecule has 0 atom stereocenters. The molecule has 0 unspecified atom stereocenters. The van der Waals surface area contributed by atoms with Crippen LogP contribution >= 0.6 is 11.6 Å². The summed E-state index contributed by atoms with van der Waals surface area (Å²) >= 11 is 5.80. The van der Waals surface area contributed by atoms with Crippen LogP contribution in [0.1, 0.15) is 58.6 Å². The lowest BCUT2D eigenvalue weighted by atomic mass is 10.0. The van der Waals surface area contributed by atoms with Crippen LogP contribution in [0.3, 0.4) is 0 Å². The maximum absolute atomic E-state index is 12.9. The van der Waals surface area contributed by atoms with E-state index in [4.69, 9.17) is 31.4 Å². The minimum absolute atomic E-state index is 0.0406. The van der Waals surface area contributed by atoms with Gasteiger partial charge in [0.2, 0.25) is 0 Å². The van der Waals surface area contributed by atoms with Crippen molar-refractivity contribution in [2.24, 2.45) is 0 Å². The molecule has 0 aliphatic carbocycles. The molecular formula is C20H21ClO4. The standard InChI is InChI=1S/C20H21ClO4/c1-13(2)24-19(23)20(3,4)25-17-11-7-15(8-12-17)18(22)14-5-9-16(21)10-6-14/h5-13H,1-4H3/i1D3,2D3,7D,8D,11D,12D,13D. The first-order chi connectivity index (χ1) is 16.2. The molecule has 0 spiro atoms. The molecule has 0 aliphatic rings. The molecule has 0 N–H and O–H groups in total. The normalized spacial score (nSPS) is 19.1. The van der Waals surface area contributed by atoms with Crippen LogP contribution in [0.2, 0.25) is 5.02 Å². The van der Waals surface area contributed by atoms with E-state index in [0.29, 0.717) is 5.02 Å². The van der Waals surface area contributed by atoms with Gasteiger partial charge in [0.25, 0.3) is 0 Å². The van der Waals surface area contributed by atoms with Crippen LogP contribution < -0.4 is 4.74 Å². The number of halogens is 1. The molecule has 0 radical (unpaired) electrons. The fourth-order valence-corrected chi connectivity index (χ4v) is 1.85. The molecule has 0 amide bonds. The Morgan fingerprint density at radius 1 is 1.12 bits per heavy atom. The van der Waals surface area contributed by atoms with Crippen LogP contribution in [-0.4, -0.2) is 23.4 Å². The van der Waals surface area contributed by atoms with Gasteiger partial charge in [-0.15, -0.1) is 0 Å². The van der Waals surface area contributed by atoms with Crippen molar-refractivity contribution in [3.05, 3.63) is 64.6 Å². The lowest BCUT2D eigenvalue weighted by Crippen LogP contribution is -2.40. The quantitative estimate of drug-likeness (QED) is 0.546. The third-order valence-electron chi connectivity index (χ3n) is 2.98. The van der Waals surface area contributed by atoms with E-state index >= 15 is 0 Å². The first kappa shape index (κ1) is 8.86. The van der Waals surface area contributed by atoms with E-state index in [1.807, 2.05) is 0 Å². The highest BCUT2D eigenvalue weighted by Crippen LogP contribution is 2.22. The molecule has 0 saturated heterocycles. The number of benzene rings is 2. The Kier molecular flexibility index (Phi) is 2.73. The molecule has 5 heteroatoms. The molecule has 0 bridgehead atoms. The van der Waals surface area contributed by atoms with E-state index < -0.39 is 72.6 Å². The summed E-state index contributed by atoms with van der Waals surface area (Å²) in [6.45, 7) is -5.16. The Bertz CT molecular complexity index is 1150. The minimum Gasteiger partial charge on any atom is -0.476 e. The Hall–Kier alpha value is -2.33. The second-order valence-electron chi connectivity index (χ2n) is 5.37. The molecule has 2 aromatic carbocycles. The van der Waals surface area contributed by atoms with Crippen molar-refractivity contribution in [1.29, 1.82) is 0 Å². The van der Waals surface area contributed by atoms with Gasteiger partial charge >= 0.3 is 5.97 Å². The Balaban J connectivity index is 2.49. The monoisotopic (exact) mass is 371 g/mol. The van der Waals surface area contributed by atoms with Crippen LogP contribution in [0.15, 0.2) is 48.4 Å². The van der Waals surface area contributed by atoms with Crippen molar-refractivity contribution in [3.63, 3.8) is 0 Å². The number of esters is 1. The molecule has 132 valence electrons. The Morgan fingerprint density at radius 2 is 1.72 bits per heavy atom. The van der Waals surface area contributed by atoms with Crippen LogP contribution in [-0.2, 0) is 9.53 Å². The minimum atomic E-state index is -3.65. The maximum atomic E-state index is 12.9. The van der Waals surface area contributed by atoms with Gasteiger partial charge in [-0.3, -0.25) is 4.79 Å². The van der Waals surface area contributed by atoms with E-state index in [0.717, 1.165) is 13.8 Å². The highest BCUT2D eigenvalue weighted by molar-refractivity contribution is 6.30. The predicted octanol–water partition coefficient (Wildman–Crippen LogP) is 4.68. The number of carbonyl (C=O) groups is 2.